The Morgan fingerprint density at radius 1 is 1.19 bits per heavy atom. The van der Waals surface area contributed by atoms with E-state index < -0.39 is 0 Å². The van der Waals surface area contributed by atoms with Gasteiger partial charge in [0.1, 0.15) is 5.69 Å². The predicted molar refractivity (Wildman–Crippen MR) is 85.0 cm³/mol. The van der Waals surface area contributed by atoms with Gasteiger partial charge in [0, 0.05) is 17.8 Å². The first kappa shape index (κ1) is 17.4. The molecule has 1 aromatic heterocycles. The van der Waals surface area contributed by atoms with Crippen molar-refractivity contribution in [3.63, 3.8) is 0 Å². The van der Waals surface area contributed by atoms with Gasteiger partial charge in [-0.2, -0.15) is 0 Å². The summed E-state index contributed by atoms with van der Waals surface area (Å²) in [6, 6.07) is 0. The first-order valence-electron chi connectivity index (χ1n) is 7.62. The topological polar surface area (TPSA) is 65.2 Å². The maximum Gasteiger partial charge on any atom is 0.268 e. The van der Waals surface area contributed by atoms with Crippen molar-refractivity contribution < 1.29 is 9.59 Å². The van der Waals surface area contributed by atoms with Crippen LogP contribution in [0.4, 0.5) is 0 Å². The molecule has 1 heterocycles. The fourth-order valence-corrected chi connectivity index (χ4v) is 2.64. The van der Waals surface area contributed by atoms with Crippen molar-refractivity contribution in [2.75, 3.05) is 26.2 Å². The lowest BCUT2D eigenvalue weighted by Gasteiger charge is -2.17. The molecule has 0 saturated carbocycles. The quantitative estimate of drug-likeness (QED) is 0.571. The van der Waals surface area contributed by atoms with E-state index in [1.807, 2.05) is 13.8 Å². The summed E-state index contributed by atoms with van der Waals surface area (Å²) in [7, 11) is 0. The van der Waals surface area contributed by atoms with Gasteiger partial charge in [-0.1, -0.05) is 13.8 Å². The van der Waals surface area contributed by atoms with Crippen molar-refractivity contribution in [1.82, 2.24) is 15.2 Å². The van der Waals surface area contributed by atoms with Gasteiger partial charge in [0.25, 0.3) is 5.91 Å². The molecule has 0 bridgehead atoms. The monoisotopic (exact) mass is 293 g/mol. The van der Waals surface area contributed by atoms with Gasteiger partial charge >= 0.3 is 0 Å². The molecular formula is C16H27N3O2. The zero-order valence-electron chi connectivity index (χ0n) is 13.8. The van der Waals surface area contributed by atoms with Gasteiger partial charge in [0.2, 0.25) is 0 Å². The van der Waals surface area contributed by atoms with Crippen LogP contribution in [-0.4, -0.2) is 47.8 Å². The molecule has 21 heavy (non-hydrogen) atoms. The first-order valence-corrected chi connectivity index (χ1v) is 7.62. The lowest BCUT2D eigenvalue weighted by molar-refractivity contribution is 0.0946. The van der Waals surface area contributed by atoms with Crippen LogP contribution in [0.15, 0.2) is 0 Å². The molecule has 1 amide bonds. The summed E-state index contributed by atoms with van der Waals surface area (Å²) >= 11 is 0. The number of carbonyl (C=O) groups is 2. The van der Waals surface area contributed by atoms with Crippen molar-refractivity contribution >= 4 is 11.7 Å². The normalized spacial score (nSPS) is 11.0. The second kappa shape index (κ2) is 7.98. The van der Waals surface area contributed by atoms with Gasteiger partial charge in [-0.15, -0.1) is 0 Å². The minimum absolute atomic E-state index is 0.0122. The second-order valence-electron chi connectivity index (χ2n) is 5.32. The summed E-state index contributed by atoms with van der Waals surface area (Å²) in [5.41, 5.74) is 2.62. The zero-order valence-corrected chi connectivity index (χ0v) is 13.8. The van der Waals surface area contributed by atoms with Crippen molar-refractivity contribution in [3.8, 4) is 0 Å². The molecule has 118 valence electrons. The summed E-state index contributed by atoms with van der Waals surface area (Å²) in [6.07, 6.45) is 0.922. The van der Waals surface area contributed by atoms with Gasteiger partial charge < -0.3 is 15.2 Å². The highest BCUT2D eigenvalue weighted by atomic mass is 16.2. The molecule has 0 aliphatic carbocycles. The van der Waals surface area contributed by atoms with E-state index in [1.165, 1.54) is 6.92 Å². The molecule has 1 rings (SSSR count). The standard InChI is InChI=1S/C16H27N3O2/c1-6-19(7-2)10-8-9-17-16(21)15-11(3)14(13(5)20)12(4)18-15/h18H,6-10H2,1-5H3,(H,17,21). The van der Waals surface area contributed by atoms with Crippen LogP contribution in [0.5, 0.6) is 0 Å². The number of Topliss-reactive ketones (excluding diaryl/α,β-unsaturated/α-hetero) is 1. The Hall–Kier alpha value is -1.62. The van der Waals surface area contributed by atoms with E-state index in [9.17, 15) is 9.59 Å². The van der Waals surface area contributed by atoms with Gasteiger partial charge in [0.05, 0.1) is 0 Å². The number of nitrogens with zero attached hydrogens (tertiary/aromatic N) is 1. The van der Waals surface area contributed by atoms with Crippen molar-refractivity contribution in [2.45, 2.75) is 41.0 Å². The van der Waals surface area contributed by atoms with Crippen LogP contribution in [0.2, 0.25) is 0 Å². The predicted octanol–water partition coefficient (Wildman–Crippen LogP) is 2.30. The number of hydrogen-bond acceptors (Lipinski definition) is 3. The summed E-state index contributed by atoms with van der Waals surface area (Å²) in [4.78, 5) is 29.1. The Bertz CT molecular complexity index is 502. The third kappa shape index (κ3) is 4.43. The number of aromatic nitrogens is 1. The molecule has 0 radical (unpaired) electrons. The Morgan fingerprint density at radius 3 is 2.29 bits per heavy atom. The third-order valence-electron chi connectivity index (χ3n) is 3.85. The van der Waals surface area contributed by atoms with E-state index in [0.717, 1.165) is 37.3 Å². The average Bonchev–Trinajstić information content (AvgIpc) is 2.74. The molecule has 0 atom stereocenters. The van der Waals surface area contributed by atoms with Crippen LogP contribution in [-0.2, 0) is 0 Å². The molecule has 2 N–H and O–H groups in total. The number of amides is 1. The summed E-state index contributed by atoms with van der Waals surface area (Å²) in [5.74, 6) is -0.149. The number of hydrogen-bond donors (Lipinski definition) is 2. The lowest BCUT2D eigenvalue weighted by atomic mass is 10.1. The number of aryl methyl sites for hydroxylation is 1. The van der Waals surface area contributed by atoms with E-state index in [-0.39, 0.29) is 11.7 Å². The van der Waals surface area contributed by atoms with Gasteiger partial charge in [-0.3, -0.25) is 9.59 Å². The van der Waals surface area contributed by atoms with Crippen LogP contribution in [0.1, 0.15) is 59.3 Å². The van der Waals surface area contributed by atoms with E-state index >= 15 is 0 Å². The number of nitrogens with one attached hydrogen (secondary N) is 2. The molecule has 0 spiro atoms. The molecule has 0 aromatic carbocycles. The SMILES string of the molecule is CCN(CC)CCCNC(=O)c1[nH]c(C)c(C(C)=O)c1C. The van der Waals surface area contributed by atoms with Crippen molar-refractivity contribution in [3.05, 3.63) is 22.5 Å². The number of aromatic amines is 1. The molecule has 1 aromatic rings. The Morgan fingerprint density at radius 2 is 1.81 bits per heavy atom. The van der Waals surface area contributed by atoms with Crippen LogP contribution in [0.25, 0.3) is 0 Å². The number of rotatable bonds is 8. The largest absolute Gasteiger partial charge is 0.354 e. The van der Waals surface area contributed by atoms with Gasteiger partial charge in [-0.05, 0) is 52.4 Å². The summed E-state index contributed by atoms with van der Waals surface area (Å²) in [6.45, 7) is 13.1. The molecule has 5 heteroatoms. The maximum absolute atomic E-state index is 12.2. The highest BCUT2D eigenvalue weighted by molar-refractivity contribution is 6.02. The number of H-pyrrole nitrogens is 1. The smallest absolute Gasteiger partial charge is 0.268 e. The highest BCUT2D eigenvalue weighted by Gasteiger charge is 2.19. The molecule has 0 fully saturated rings. The fraction of sp³-hybridized carbons (Fsp3) is 0.625. The van der Waals surface area contributed by atoms with Crippen molar-refractivity contribution in [1.29, 1.82) is 0 Å². The maximum atomic E-state index is 12.2. The van der Waals surface area contributed by atoms with Crippen LogP contribution < -0.4 is 5.32 Å². The molecule has 5 nitrogen and oxygen atoms in total. The van der Waals surface area contributed by atoms with Crippen molar-refractivity contribution in [2.24, 2.45) is 0 Å². The minimum Gasteiger partial charge on any atom is -0.354 e. The third-order valence-corrected chi connectivity index (χ3v) is 3.85. The van der Waals surface area contributed by atoms with E-state index in [4.69, 9.17) is 0 Å². The Kier molecular flexibility index (Phi) is 6.62. The Balaban J connectivity index is 2.57. The molecule has 0 saturated heterocycles. The molecule has 0 aliphatic heterocycles. The summed E-state index contributed by atoms with van der Waals surface area (Å²) in [5, 5.41) is 2.91. The highest BCUT2D eigenvalue weighted by Crippen LogP contribution is 2.18. The zero-order chi connectivity index (χ0) is 16.0. The second-order valence-corrected chi connectivity index (χ2v) is 5.32. The lowest BCUT2D eigenvalue weighted by Crippen LogP contribution is -2.30. The number of ketones is 1. The molecule has 0 unspecified atom stereocenters. The van der Waals surface area contributed by atoms with Crippen LogP contribution in [0, 0.1) is 13.8 Å². The van der Waals surface area contributed by atoms with Gasteiger partial charge in [-0.25, -0.2) is 0 Å². The first-order chi connectivity index (χ1) is 9.92. The minimum atomic E-state index is -0.136. The Labute approximate surface area is 127 Å². The molecule has 0 aliphatic rings. The van der Waals surface area contributed by atoms with Gasteiger partial charge in [0.15, 0.2) is 5.78 Å². The van der Waals surface area contributed by atoms with E-state index in [0.29, 0.717) is 17.8 Å². The average molecular weight is 293 g/mol. The fourth-order valence-electron chi connectivity index (χ4n) is 2.64. The molecular weight excluding hydrogens is 266 g/mol. The summed E-state index contributed by atoms with van der Waals surface area (Å²) < 4.78 is 0. The van der Waals surface area contributed by atoms with E-state index in [1.54, 1.807) is 0 Å². The number of carbonyl (C=O) groups excluding carboxylic acids is 2. The van der Waals surface area contributed by atoms with E-state index in [2.05, 4.69) is 29.0 Å². The van der Waals surface area contributed by atoms with Crippen LogP contribution >= 0.6 is 0 Å². The van der Waals surface area contributed by atoms with Crippen LogP contribution in [0.3, 0.4) is 0 Å².